The van der Waals surface area contributed by atoms with Crippen molar-refractivity contribution in [3.05, 3.63) is 18.4 Å². The first kappa shape index (κ1) is 15.7. The molecule has 2 heterocycles. The second-order valence-electron chi connectivity index (χ2n) is 5.28. The summed E-state index contributed by atoms with van der Waals surface area (Å²) in [5, 5.41) is 3.30. The Labute approximate surface area is 114 Å². The van der Waals surface area contributed by atoms with Crippen LogP contribution in [0.15, 0.2) is 16.9 Å². The minimum atomic E-state index is -0.318. The number of hydrogen-bond donors (Lipinski definition) is 1. The van der Waals surface area contributed by atoms with E-state index < -0.39 is 0 Å². The maximum atomic E-state index is 9.60. The van der Waals surface area contributed by atoms with Crippen LogP contribution in [0, 0.1) is 0 Å². The lowest BCUT2D eigenvalue weighted by atomic mass is 10.2. The Balaban J connectivity index is 0.000000224. The number of ether oxygens (including phenoxy) is 1. The van der Waals surface area contributed by atoms with Crippen molar-refractivity contribution in [1.82, 2.24) is 15.2 Å². The van der Waals surface area contributed by atoms with Crippen molar-refractivity contribution in [2.24, 2.45) is 0 Å². The van der Waals surface area contributed by atoms with Gasteiger partial charge in [0.05, 0.1) is 12.7 Å². The van der Waals surface area contributed by atoms with Gasteiger partial charge in [-0.1, -0.05) is 0 Å². The third kappa shape index (κ3) is 7.58. The highest BCUT2D eigenvalue weighted by molar-refractivity contribution is 5.37. The van der Waals surface area contributed by atoms with Crippen LogP contribution in [0.2, 0.25) is 0 Å². The second kappa shape index (κ2) is 7.91. The minimum absolute atomic E-state index is 0.318. The Hall–Kier alpha value is -1.40. The van der Waals surface area contributed by atoms with Crippen LogP contribution in [0.4, 0.5) is 0 Å². The maximum absolute atomic E-state index is 9.60. The van der Waals surface area contributed by atoms with Crippen molar-refractivity contribution in [1.29, 1.82) is 0 Å². The van der Waals surface area contributed by atoms with E-state index in [1.807, 2.05) is 20.8 Å². The lowest BCUT2D eigenvalue weighted by Crippen LogP contribution is -2.42. The molecule has 1 aliphatic heterocycles. The number of rotatable bonds is 3. The molecule has 6 heteroatoms. The molecular formula is C13H23N3O3. The summed E-state index contributed by atoms with van der Waals surface area (Å²) in [5.74, 6) is 0.817. The highest BCUT2D eigenvalue weighted by atomic mass is 16.5. The maximum Gasteiger partial charge on any atom is 0.293 e. The summed E-state index contributed by atoms with van der Waals surface area (Å²) in [6.45, 7) is 11.1. The van der Waals surface area contributed by atoms with Crippen molar-refractivity contribution >= 4 is 6.47 Å². The van der Waals surface area contributed by atoms with Crippen molar-refractivity contribution in [3.63, 3.8) is 0 Å². The van der Waals surface area contributed by atoms with Crippen LogP contribution in [-0.2, 0) is 16.1 Å². The van der Waals surface area contributed by atoms with Gasteiger partial charge >= 0.3 is 0 Å². The predicted octanol–water partition coefficient (Wildman–Crippen LogP) is 1.04. The molecule has 2 rings (SSSR count). The number of piperazine rings is 1. The van der Waals surface area contributed by atoms with E-state index >= 15 is 0 Å². The average Bonchev–Trinajstić information content (AvgIpc) is 2.82. The van der Waals surface area contributed by atoms with E-state index in [4.69, 9.17) is 4.42 Å². The van der Waals surface area contributed by atoms with E-state index in [1.165, 1.54) is 0 Å². The third-order valence-corrected chi connectivity index (χ3v) is 2.45. The van der Waals surface area contributed by atoms with Crippen LogP contribution in [-0.4, -0.2) is 48.1 Å². The molecule has 1 aliphatic rings. The Bertz CT molecular complexity index is 341. The second-order valence-corrected chi connectivity index (χ2v) is 5.28. The highest BCUT2D eigenvalue weighted by Crippen LogP contribution is 2.03. The van der Waals surface area contributed by atoms with E-state index in [9.17, 15) is 4.79 Å². The van der Waals surface area contributed by atoms with Gasteiger partial charge in [-0.05, 0) is 20.8 Å². The van der Waals surface area contributed by atoms with Gasteiger partial charge in [0.25, 0.3) is 6.47 Å². The van der Waals surface area contributed by atoms with Gasteiger partial charge in [-0.15, -0.1) is 0 Å². The summed E-state index contributed by atoms with van der Waals surface area (Å²) >= 11 is 0. The molecular weight excluding hydrogens is 246 g/mol. The van der Waals surface area contributed by atoms with Crippen molar-refractivity contribution in [2.45, 2.75) is 32.9 Å². The van der Waals surface area contributed by atoms with Crippen LogP contribution in [0.1, 0.15) is 26.7 Å². The minimum Gasteiger partial charge on any atom is -0.462 e. The number of nitrogens with one attached hydrogen (secondary N) is 1. The molecule has 1 saturated heterocycles. The van der Waals surface area contributed by atoms with E-state index in [0.29, 0.717) is 6.47 Å². The number of carbonyl (C=O) groups excluding carboxylic acids is 1. The molecule has 0 unspecified atom stereocenters. The molecule has 0 saturated carbocycles. The van der Waals surface area contributed by atoms with E-state index in [-0.39, 0.29) is 5.60 Å². The summed E-state index contributed by atoms with van der Waals surface area (Å²) in [6.07, 6.45) is 3.31. The lowest BCUT2D eigenvalue weighted by molar-refractivity contribution is -0.138. The molecule has 6 nitrogen and oxygen atoms in total. The monoisotopic (exact) mass is 269 g/mol. The van der Waals surface area contributed by atoms with Gasteiger partial charge in [-0.3, -0.25) is 9.69 Å². The molecule has 0 aliphatic carbocycles. The summed E-state index contributed by atoms with van der Waals surface area (Å²) in [5.41, 5.74) is -0.318. The summed E-state index contributed by atoms with van der Waals surface area (Å²) in [7, 11) is 0. The van der Waals surface area contributed by atoms with Crippen LogP contribution in [0.5, 0.6) is 0 Å². The average molecular weight is 269 g/mol. The van der Waals surface area contributed by atoms with Gasteiger partial charge in [0.2, 0.25) is 5.89 Å². The Kier molecular flexibility index (Phi) is 6.52. The summed E-state index contributed by atoms with van der Waals surface area (Å²) in [6, 6.07) is 0. The first-order valence-corrected chi connectivity index (χ1v) is 6.44. The fraction of sp³-hybridized carbons (Fsp3) is 0.692. The largest absolute Gasteiger partial charge is 0.462 e. The van der Waals surface area contributed by atoms with Gasteiger partial charge in [0.1, 0.15) is 11.9 Å². The topological polar surface area (TPSA) is 67.6 Å². The van der Waals surface area contributed by atoms with E-state index in [0.717, 1.165) is 38.6 Å². The predicted molar refractivity (Wildman–Crippen MR) is 71.6 cm³/mol. The standard InChI is InChI=1S/C8H13N3O.C5H10O2/c1-4-11(5-2-9-1)7-8-10-3-6-12-8;1-5(2,3)7-4-6/h3,6,9H,1-2,4-5,7H2;4H,1-3H3. The molecule has 0 bridgehead atoms. The molecule has 108 valence electrons. The zero-order chi connectivity index (χ0) is 14.1. The fourth-order valence-electron chi connectivity index (χ4n) is 1.54. The first-order chi connectivity index (χ1) is 9.01. The van der Waals surface area contributed by atoms with Crippen LogP contribution in [0.25, 0.3) is 0 Å². The molecule has 1 aromatic heterocycles. The van der Waals surface area contributed by atoms with Crippen LogP contribution >= 0.6 is 0 Å². The number of nitrogens with zero attached hydrogens (tertiary/aromatic N) is 2. The molecule has 0 atom stereocenters. The van der Waals surface area contributed by atoms with E-state index in [2.05, 4.69) is 19.9 Å². The van der Waals surface area contributed by atoms with Gasteiger partial charge in [-0.25, -0.2) is 4.98 Å². The SMILES string of the molecule is CC(C)(C)OC=O.c1coc(CN2CCNCC2)n1. The smallest absolute Gasteiger partial charge is 0.293 e. The Morgan fingerprint density at radius 1 is 1.47 bits per heavy atom. The summed E-state index contributed by atoms with van der Waals surface area (Å²) in [4.78, 5) is 16.0. The Morgan fingerprint density at radius 3 is 2.58 bits per heavy atom. The quantitative estimate of drug-likeness (QED) is 0.827. The highest BCUT2D eigenvalue weighted by Gasteiger charge is 2.11. The van der Waals surface area contributed by atoms with Crippen LogP contribution < -0.4 is 5.32 Å². The first-order valence-electron chi connectivity index (χ1n) is 6.44. The number of carbonyl (C=O) groups is 1. The van der Waals surface area contributed by atoms with Gasteiger partial charge < -0.3 is 14.5 Å². The molecule has 1 N–H and O–H groups in total. The van der Waals surface area contributed by atoms with E-state index in [1.54, 1.807) is 12.5 Å². The molecule has 0 radical (unpaired) electrons. The molecule has 19 heavy (non-hydrogen) atoms. The molecule has 0 amide bonds. The van der Waals surface area contributed by atoms with Gasteiger partial charge in [-0.2, -0.15) is 0 Å². The van der Waals surface area contributed by atoms with Crippen molar-refractivity contribution in [3.8, 4) is 0 Å². The number of aromatic nitrogens is 1. The number of oxazole rings is 1. The van der Waals surface area contributed by atoms with Crippen molar-refractivity contribution in [2.75, 3.05) is 26.2 Å². The zero-order valence-electron chi connectivity index (χ0n) is 11.9. The van der Waals surface area contributed by atoms with Gasteiger partial charge in [0.15, 0.2) is 0 Å². The molecule has 0 spiro atoms. The molecule has 1 aromatic rings. The normalized spacial score (nSPS) is 16.4. The zero-order valence-corrected chi connectivity index (χ0v) is 11.9. The molecule has 1 fully saturated rings. The fourth-order valence-corrected chi connectivity index (χ4v) is 1.54. The Morgan fingerprint density at radius 2 is 2.16 bits per heavy atom. The molecule has 0 aromatic carbocycles. The van der Waals surface area contributed by atoms with Crippen LogP contribution in [0.3, 0.4) is 0 Å². The lowest BCUT2D eigenvalue weighted by Gasteiger charge is -2.25. The number of hydrogen-bond acceptors (Lipinski definition) is 6. The summed E-state index contributed by atoms with van der Waals surface area (Å²) < 4.78 is 9.71. The van der Waals surface area contributed by atoms with Gasteiger partial charge in [0, 0.05) is 26.2 Å². The van der Waals surface area contributed by atoms with Crippen molar-refractivity contribution < 1.29 is 13.9 Å². The third-order valence-electron chi connectivity index (χ3n) is 2.45.